The Morgan fingerprint density at radius 3 is 1.24 bits per heavy atom. The Labute approximate surface area is 194 Å². The van der Waals surface area contributed by atoms with Crippen molar-refractivity contribution in [1.82, 2.24) is 0 Å². The van der Waals surface area contributed by atoms with Gasteiger partial charge in [-0.05, 0) is 96.8 Å². The van der Waals surface area contributed by atoms with Gasteiger partial charge in [0.2, 0.25) is 0 Å². The monoisotopic (exact) mass is 440 g/mol. The Morgan fingerprint density at radius 2 is 0.909 bits per heavy atom. The summed E-state index contributed by atoms with van der Waals surface area (Å²) >= 11 is 0. The van der Waals surface area contributed by atoms with Gasteiger partial charge in [0.15, 0.2) is 0 Å². The van der Waals surface area contributed by atoms with E-state index in [4.69, 9.17) is 9.47 Å². The number of hydrogen-bond acceptors (Lipinski definition) is 4. The SMILES string of the molecule is Cc1cc(O)ccc1Oc1ccc(C(C)(C)c2ccc(Oc3ccc(O)cc3C)cc2)cc1. The minimum Gasteiger partial charge on any atom is -0.508 e. The van der Waals surface area contributed by atoms with Crippen LogP contribution in [-0.2, 0) is 5.41 Å². The zero-order chi connectivity index (χ0) is 23.6. The van der Waals surface area contributed by atoms with Gasteiger partial charge in [-0.2, -0.15) is 0 Å². The molecule has 0 fully saturated rings. The zero-order valence-corrected chi connectivity index (χ0v) is 19.3. The quantitative estimate of drug-likeness (QED) is 0.324. The van der Waals surface area contributed by atoms with Crippen LogP contribution in [0.4, 0.5) is 0 Å². The molecule has 2 N–H and O–H groups in total. The summed E-state index contributed by atoms with van der Waals surface area (Å²) in [5.74, 6) is 3.39. The molecule has 0 heterocycles. The van der Waals surface area contributed by atoms with Gasteiger partial charge >= 0.3 is 0 Å². The van der Waals surface area contributed by atoms with E-state index in [0.717, 1.165) is 34.1 Å². The number of ether oxygens (including phenoxy) is 2. The van der Waals surface area contributed by atoms with Crippen molar-refractivity contribution in [3.63, 3.8) is 0 Å². The van der Waals surface area contributed by atoms with E-state index in [1.165, 1.54) is 11.1 Å². The van der Waals surface area contributed by atoms with Crippen LogP contribution >= 0.6 is 0 Å². The average Bonchev–Trinajstić information content (AvgIpc) is 2.78. The van der Waals surface area contributed by atoms with Gasteiger partial charge in [0.1, 0.15) is 34.5 Å². The van der Waals surface area contributed by atoms with Gasteiger partial charge in [0.05, 0.1) is 0 Å². The number of hydrogen-bond donors (Lipinski definition) is 2. The minimum atomic E-state index is -0.208. The maximum atomic E-state index is 9.58. The molecule has 0 bridgehead atoms. The molecule has 0 amide bonds. The first-order chi connectivity index (χ1) is 15.7. The molecule has 4 aromatic carbocycles. The molecular formula is C29H28O4. The molecule has 0 atom stereocenters. The van der Waals surface area contributed by atoms with Gasteiger partial charge in [-0.15, -0.1) is 0 Å². The molecule has 4 nitrogen and oxygen atoms in total. The van der Waals surface area contributed by atoms with E-state index in [0.29, 0.717) is 0 Å². The van der Waals surface area contributed by atoms with Crippen LogP contribution < -0.4 is 9.47 Å². The predicted molar refractivity (Wildman–Crippen MR) is 131 cm³/mol. The van der Waals surface area contributed by atoms with Gasteiger partial charge < -0.3 is 19.7 Å². The summed E-state index contributed by atoms with van der Waals surface area (Å²) in [6.45, 7) is 8.19. The summed E-state index contributed by atoms with van der Waals surface area (Å²) in [5.41, 5.74) is 3.88. The van der Waals surface area contributed by atoms with Crippen LogP contribution in [0.3, 0.4) is 0 Å². The summed E-state index contributed by atoms with van der Waals surface area (Å²) in [5, 5.41) is 19.2. The smallest absolute Gasteiger partial charge is 0.130 e. The van der Waals surface area contributed by atoms with Crippen molar-refractivity contribution in [1.29, 1.82) is 0 Å². The first kappa shape index (κ1) is 22.3. The Morgan fingerprint density at radius 1 is 0.545 bits per heavy atom. The van der Waals surface area contributed by atoms with Gasteiger partial charge in [0.25, 0.3) is 0 Å². The molecule has 0 aliphatic heterocycles. The van der Waals surface area contributed by atoms with E-state index < -0.39 is 0 Å². The van der Waals surface area contributed by atoms with Gasteiger partial charge in [0, 0.05) is 5.41 Å². The van der Waals surface area contributed by atoms with E-state index in [9.17, 15) is 10.2 Å². The standard InChI is InChI=1S/C29H28O4/c1-19-17-23(30)9-15-27(19)32-25-11-5-21(6-12-25)29(3,4)22-7-13-26(14-8-22)33-28-16-10-24(31)18-20(28)2/h5-18,30-31H,1-4H3. The lowest BCUT2D eigenvalue weighted by Gasteiger charge is -2.26. The molecule has 0 saturated carbocycles. The summed E-state index contributed by atoms with van der Waals surface area (Å²) < 4.78 is 12.0. The third-order valence-electron chi connectivity index (χ3n) is 5.92. The topological polar surface area (TPSA) is 58.9 Å². The van der Waals surface area contributed by atoms with Crippen LogP contribution in [0.1, 0.15) is 36.1 Å². The molecule has 0 aliphatic carbocycles. The summed E-state index contributed by atoms with van der Waals surface area (Å²) in [4.78, 5) is 0. The third-order valence-corrected chi connectivity index (χ3v) is 5.92. The second-order valence-corrected chi connectivity index (χ2v) is 8.78. The molecule has 0 unspecified atom stereocenters. The highest BCUT2D eigenvalue weighted by Gasteiger charge is 2.23. The van der Waals surface area contributed by atoms with Crippen LogP contribution in [0.5, 0.6) is 34.5 Å². The molecule has 33 heavy (non-hydrogen) atoms. The first-order valence-corrected chi connectivity index (χ1v) is 10.9. The van der Waals surface area contributed by atoms with Crippen molar-refractivity contribution >= 4 is 0 Å². The number of aromatic hydroxyl groups is 2. The highest BCUT2D eigenvalue weighted by atomic mass is 16.5. The number of phenolic OH excluding ortho intramolecular Hbond substituents is 2. The van der Waals surface area contributed by atoms with Crippen LogP contribution in [0.2, 0.25) is 0 Å². The zero-order valence-electron chi connectivity index (χ0n) is 19.3. The van der Waals surface area contributed by atoms with Crippen molar-refractivity contribution in [2.75, 3.05) is 0 Å². The highest BCUT2D eigenvalue weighted by Crippen LogP contribution is 2.35. The van der Waals surface area contributed by atoms with Gasteiger partial charge in [-0.1, -0.05) is 38.1 Å². The molecule has 4 rings (SSSR count). The normalized spacial score (nSPS) is 11.3. The molecular weight excluding hydrogens is 412 g/mol. The first-order valence-electron chi connectivity index (χ1n) is 10.9. The van der Waals surface area contributed by atoms with Crippen molar-refractivity contribution in [3.8, 4) is 34.5 Å². The van der Waals surface area contributed by atoms with Crippen molar-refractivity contribution in [3.05, 3.63) is 107 Å². The molecule has 0 aliphatic rings. The fraction of sp³-hybridized carbons (Fsp3) is 0.172. The lowest BCUT2D eigenvalue weighted by molar-refractivity contribution is 0.461. The second-order valence-electron chi connectivity index (χ2n) is 8.78. The van der Waals surface area contributed by atoms with Gasteiger partial charge in [-0.25, -0.2) is 0 Å². The lowest BCUT2D eigenvalue weighted by Crippen LogP contribution is -2.18. The van der Waals surface area contributed by atoms with E-state index in [1.54, 1.807) is 36.4 Å². The molecule has 168 valence electrons. The largest absolute Gasteiger partial charge is 0.508 e. The summed E-state index contributed by atoms with van der Waals surface area (Å²) in [6, 6.07) is 26.3. The highest BCUT2D eigenvalue weighted by molar-refractivity contribution is 5.46. The Bertz CT molecular complexity index is 1160. The summed E-state index contributed by atoms with van der Waals surface area (Å²) in [7, 11) is 0. The molecule has 0 radical (unpaired) electrons. The van der Waals surface area contributed by atoms with Crippen molar-refractivity contribution in [2.45, 2.75) is 33.1 Å². The summed E-state index contributed by atoms with van der Waals surface area (Å²) in [6.07, 6.45) is 0. The van der Waals surface area contributed by atoms with E-state index in [1.807, 2.05) is 38.1 Å². The predicted octanol–water partition coefficient (Wildman–Crippen LogP) is 7.63. The van der Waals surface area contributed by atoms with Crippen molar-refractivity contribution < 1.29 is 19.7 Å². The van der Waals surface area contributed by atoms with Crippen LogP contribution in [0.15, 0.2) is 84.9 Å². The van der Waals surface area contributed by atoms with E-state index >= 15 is 0 Å². The molecule has 0 aromatic heterocycles. The Kier molecular flexibility index (Phi) is 6.01. The van der Waals surface area contributed by atoms with Gasteiger partial charge in [-0.3, -0.25) is 0 Å². The number of rotatable bonds is 6. The van der Waals surface area contributed by atoms with Crippen LogP contribution in [-0.4, -0.2) is 10.2 Å². The Hall–Kier alpha value is -3.92. The fourth-order valence-corrected chi connectivity index (χ4v) is 3.80. The maximum absolute atomic E-state index is 9.58. The second kappa shape index (κ2) is 8.91. The van der Waals surface area contributed by atoms with Crippen LogP contribution in [0, 0.1) is 13.8 Å². The van der Waals surface area contributed by atoms with E-state index in [-0.39, 0.29) is 16.9 Å². The minimum absolute atomic E-state index is 0.208. The lowest BCUT2D eigenvalue weighted by atomic mass is 9.78. The van der Waals surface area contributed by atoms with Crippen LogP contribution in [0.25, 0.3) is 0 Å². The van der Waals surface area contributed by atoms with Crippen molar-refractivity contribution in [2.24, 2.45) is 0 Å². The molecule has 0 saturated heterocycles. The molecule has 4 heteroatoms. The molecule has 0 spiro atoms. The molecule has 4 aromatic rings. The number of aryl methyl sites for hydroxylation is 2. The number of benzene rings is 4. The number of phenols is 2. The average molecular weight is 441 g/mol. The van der Waals surface area contributed by atoms with E-state index in [2.05, 4.69) is 38.1 Å². The Balaban J connectivity index is 1.49. The maximum Gasteiger partial charge on any atom is 0.130 e. The third kappa shape index (κ3) is 4.96. The fourth-order valence-electron chi connectivity index (χ4n) is 3.80.